The average molecular weight is 446 g/mol. The number of para-hydroxylation sites is 1. The molecular formula is C21H20ClN3O4S. The van der Waals surface area contributed by atoms with Crippen LogP contribution in [0.3, 0.4) is 0 Å². The molecule has 1 amide bonds. The molecule has 2 aromatic carbocycles. The van der Waals surface area contributed by atoms with Gasteiger partial charge >= 0.3 is 5.97 Å². The smallest absolute Gasteiger partial charge is 0.339 e. The highest BCUT2D eigenvalue weighted by molar-refractivity contribution is 7.99. The molecule has 7 nitrogen and oxygen atoms in total. The predicted octanol–water partition coefficient (Wildman–Crippen LogP) is 3.98. The number of halogens is 1. The van der Waals surface area contributed by atoms with Gasteiger partial charge < -0.3 is 10.1 Å². The van der Waals surface area contributed by atoms with Crippen LogP contribution in [0, 0.1) is 0 Å². The first-order chi connectivity index (χ1) is 14.4. The van der Waals surface area contributed by atoms with E-state index in [1.54, 1.807) is 47.0 Å². The van der Waals surface area contributed by atoms with E-state index in [-0.39, 0.29) is 22.8 Å². The monoisotopic (exact) mass is 445 g/mol. The van der Waals surface area contributed by atoms with Crippen molar-refractivity contribution < 1.29 is 14.3 Å². The van der Waals surface area contributed by atoms with Gasteiger partial charge in [-0.3, -0.25) is 14.2 Å². The summed E-state index contributed by atoms with van der Waals surface area (Å²) in [5.74, 6) is -0.860. The topological polar surface area (TPSA) is 90.3 Å². The molecule has 3 rings (SSSR count). The Hall–Kier alpha value is -2.84. The molecule has 3 aromatic rings. The van der Waals surface area contributed by atoms with Crippen LogP contribution in [0.4, 0.5) is 5.69 Å². The Labute approximate surface area is 182 Å². The Bertz CT molecular complexity index is 1160. The quantitative estimate of drug-likeness (QED) is 0.336. The van der Waals surface area contributed by atoms with E-state index in [1.807, 2.05) is 6.92 Å². The van der Waals surface area contributed by atoms with Crippen LogP contribution in [-0.4, -0.2) is 34.3 Å². The Kier molecular flexibility index (Phi) is 7.12. The molecule has 0 atom stereocenters. The SMILES string of the molecule is CCCn1c(SCC(=O)Nc2ccccc2C(=O)OC)nc2cc(Cl)ccc2c1=O. The number of esters is 1. The van der Waals surface area contributed by atoms with Crippen molar-refractivity contribution >= 4 is 51.8 Å². The summed E-state index contributed by atoms with van der Waals surface area (Å²) in [4.78, 5) is 41.8. The molecule has 0 saturated heterocycles. The highest BCUT2D eigenvalue weighted by Crippen LogP contribution is 2.22. The molecule has 0 saturated carbocycles. The molecule has 1 heterocycles. The number of nitrogens with zero attached hydrogens (tertiary/aromatic N) is 2. The molecule has 156 valence electrons. The van der Waals surface area contributed by atoms with Crippen LogP contribution >= 0.6 is 23.4 Å². The van der Waals surface area contributed by atoms with Crippen molar-refractivity contribution in [2.24, 2.45) is 0 Å². The third kappa shape index (κ3) is 4.83. The van der Waals surface area contributed by atoms with Gasteiger partial charge in [0.25, 0.3) is 5.56 Å². The number of amides is 1. The normalized spacial score (nSPS) is 10.8. The van der Waals surface area contributed by atoms with Crippen LogP contribution in [-0.2, 0) is 16.1 Å². The van der Waals surface area contributed by atoms with Crippen molar-refractivity contribution in [3.63, 3.8) is 0 Å². The summed E-state index contributed by atoms with van der Waals surface area (Å²) in [6, 6.07) is 11.5. The predicted molar refractivity (Wildman–Crippen MR) is 118 cm³/mol. The average Bonchev–Trinajstić information content (AvgIpc) is 2.74. The van der Waals surface area contributed by atoms with Gasteiger partial charge in [0, 0.05) is 11.6 Å². The van der Waals surface area contributed by atoms with Gasteiger partial charge in [-0.2, -0.15) is 0 Å². The van der Waals surface area contributed by atoms with Crippen molar-refractivity contribution in [3.8, 4) is 0 Å². The maximum atomic E-state index is 12.9. The summed E-state index contributed by atoms with van der Waals surface area (Å²) in [5, 5.41) is 4.11. The first-order valence-electron chi connectivity index (χ1n) is 9.24. The summed E-state index contributed by atoms with van der Waals surface area (Å²) in [5.41, 5.74) is 0.940. The van der Waals surface area contributed by atoms with E-state index < -0.39 is 5.97 Å². The molecule has 0 radical (unpaired) electrons. The number of methoxy groups -OCH3 is 1. The van der Waals surface area contributed by atoms with Crippen molar-refractivity contribution in [2.75, 3.05) is 18.2 Å². The number of aromatic nitrogens is 2. The van der Waals surface area contributed by atoms with Gasteiger partial charge in [-0.25, -0.2) is 9.78 Å². The van der Waals surface area contributed by atoms with E-state index >= 15 is 0 Å². The minimum absolute atomic E-state index is 0.0116. The van der Waals surface area contributed by atoms with Crippen LogP contribution in [0.15, 0.2) is 52.4 Å². The van der Waals surface area contributed by atoms with E-state index in [9.17, 15) is 14.4 Å². The highest BCUT2D eigenvalue weighted by atomic mass is 35.5. The molecule has 1 aromatic heterocycles. The van der Waals surface area contributed by atoms with Crippen molar-refractivity contribution in [1.29, 1.82) is 0 Å². The Morgan fingerprint density at radius 2 is 2.00 bits per heavy atom. The summed E-state index contributed by atoms with van der Waals surface area (Å²) in [6.07, 6.45) is 0.743. The Morgan fingerprint density at radius 1 is 1.23 bits per heavy atom. The molecule has 0 aliphatic heterocycles. The number of carbonyl (C=O) groups excluding carboxylic acids is 2. The summed E-state index contributed by atoms with van der Waals surface area (Å²) >= 11 is 7.19. The molecule has 0 bridgehead atoms. The number of ether oxygens (including phenoxy) is 1. The van der Waals surface area contributed by atoms with Gasteiger partial charge in [0.2, 0.25) is 5.91 Å². The number of anilines is 1. The zero-order valence-electron chi connectivity index (χ0n) is 16.5. The van der Waals surface area contributed by atoms with E-state index in [0.717, 1.165) is 18.2 Å². The Balaban J connectivity index is 1.83. The molecule has 0 spiro atoms. The number of carbonyl (C=O) groups is 2. The number of thioether (sulfide) groups is 1. The number of nitrogens with one attached hydrogen (secondary N) is 1. The number of benzene rings is 2. The first-order valence-corrected chi connectivity index (χ1v) is 10.6. The van der Waals surface area contributed by atoms with Gasteiger partial charge in [-0.1, -0.05) is 42.4 Å². The van der Waals surface area contributed by atoms with Crippen LogP contribution < -0.4 is 10.9 Å². The summed E-state index contributed by atoms with van der Waals surface area (Å²) in [6.45, 7) is 2.45. The molecule has 0 aliphatic carbocycles. The lowest BCUT2D eigenvalue weighted by atomic mass is 10.2. The van der Waals surface area contributed by atoms with E-state index in [1.165, 1.54) is 7.11 Å². The molecule has 9 heteroatoms. The van der Waals surface area contributed by atoms with Gasteiger partial charge in [0.15, 0.2) is 5.16 Å². The summed E-state index contributed by atoms with van der Waals surface area (Å²) in [7, 11) is 1.28. The number of hydrogen-bond acceptors (Lipinski definition) is 6. The lowest BCUT2D eigenvalue weighted by Gasteiger charge is -2.13. The fourth-order valence-electron chi connectivity index (χ4n) is 2.90. The standard InChI is InChI=1S/C21H20ClN3O4S/c1-3-10-25-19(27)14-9-8-13(22)11-17(14)24-21(25)30-12-18(26)23-16-7-5-4-6-15(16)20(28)29-2/h4-9,11H,3,10,12H2,1-2H3,(H,23,26). The van der Waals surface area contributed by atoms with Gasteiger partial charge in [0.1, 0.15) is 0 Å². The van der Waals surface area contributed by atoms with Crippen molar-refractivity contribution in [1.82, 2.24) is 9.55 Å². The molecule has 1 N–H and O–H groups in total. The third-order valence-electron chi connectivity index (χ3n) is 4.27. The fraction of sp³-hybridized carbons (Fsp3) is 0.238. The van der Waals surface area contributed by atoms with E-state index in [0.29, 0.717) is 33.3 Å². The zero-order valence-corrected chi connectivity index (χ0v) is 18.0. The summed E-state index contributed by atoms with van der Waals surface area (Å²) < 4.78 is 6.31. The van der Waals surface area contributed by atoms with Crippen LogP contribution in [0.5, 0.6) is 0 Å². The molecule has 0 aliphatic rings. The maximum absolute atomic E-state index is 12.9. The second-order valence-corrected chi connectivity index (χ2v) is 7.77. The minimum Gasteiger partial charge on any atom is -0.465 e. The lowest BCUT2D eigenvalue weighted by molar-refractivity contribution is -0.113. The Morgan fingerprint density at radius 3 is 2.73 bits per heavy atom. The molecule has 30 heavy (non-hydrogen) atoms. The van der Waals surface area contributed by atoms with Gasteiger partial charge in [0.05, 0.1) is 35.0 Å². The van der Waals surface area contributed by atoms with Crippen molar-refractivity contribution in [3.05, 3.63) is 63.4 Å². The zero-order chi connectivity index (χ0) is 21.7. The van der Waals surface area contributed by atoms with Gasteiger partial charge in [-0.05, 0) is 36.8 Å². The first kappa shape index (κ1) is 21.9. The maximum Gasteiger partial charge on any atom is 0.339 e. The van der Waals surface area contributed by atoms with Crippen LogP contribution in [0.2, 0.25) is 5.02 Å². The van der Waals surface area contributed by atoms with Gasteiger partial charge in [-0.15, -0.1) is 0 Å². The van der Waals surface area contributed by atoms with Crippen LogP contribution in [0.25, 0.3) is 10.9 Å². The number of rotatable bonds is 7. The van der Waals surface area contributed by atoms with E-state index in [2.05, 4.69) is 10.3 Å². The second-order valence-electron chi connectivity index (χ2n) is 6.39. The lowest BCUT2D eigenvalue weighted by Crippen LogP contribution is -2.24. The van der Waals surface area contributed by atoms with Crippen molar-refractivity contribution in [2.45, 2.75) is 25.0 Å². The largest absolute Gasteiger partial charge is 0.465 e. The minimum atomic E-state index is -0.539. The molecule has 0 unspecified atom stereocenters. The number of hydrogen-bond donors (Lipinski definition) is 1. The fourth-order valence-corrected chi connectivity index (χ4v) is 3.89. The number of fused-ring (bicyclic) bond motifs is 1. The second kappa shape index (κ2) is 9.77. The van der Waals surface area contributed by atoms with Crippen LogP contribution in [0.1, 0.15) is 23.7 Å². The molecular weight excluding hydrogens is 426 g/mol. The highest BCUT2D eigenvalue weighted by Gasteiger charge is 2.16. The third-order valence-corrected chi connectivity index (χ3v) is 5.48. The molecule has 0 fully saturated rings. The van der Waals surface area contributed by atoms with E-state index in [4.69, 9.17) is 16.3 Å².